The standard InChI is InChI=1S/C19H23ClN4O4S/c1-12-7-18(24(22-12)14-5-6-21-17(20)8-14)23-10-15(9-16(23)19(25)28-2)29(26,27)11-13-3-4-13/h5-8,13,15-16H,3-4,9-11H2,1-2H3/t15-,16?/m1/s1. The van der Waals surface area contributed by atoms with Crippen molar-refractivity contribution >= 4 is 33.2 Å². The topological polar surface area (TPSA) is 94.4 Å². The maximum atomic E-state index is 12.9. The van der Waals surface area contributed by atoms with E-state index < -0.39 is 27.1 Å². The van der Waals surface area contributed by atoms with E-state index in [1.54, 1.807) is 27.9 Å². The summed E-state index contributed by atoms with van der Waals surface area (Å²) in [6, 6.07) is 4.57. The van der Waals surface area contributed by atoms with Gasteiger partial charge < -0.3 is 9.64 Å². The molecule has 2 fully saturated rings. The molecule has 1 aliphatic carbocycles. The molecule has 0 spiro atoms. The van der Waals surface area contributed by atoms with E-state index in [2.05, 4.69) is 10.1 Å². The van der Waals surface area contributed by atoms with Gasteiger partial charge in [-0.2, -0.15) is 5.10 Å². The first-order valence-electron chi connectivity index (χ1n) is 9.53. The Morgan fingerprint density at radius 3 is 2.76 bits per heavy atom. The predicted molar refractivity (Wildman–Crippen MR) is 109 cm³/mol. The molecule has 1 saturated carbocycles. The molecular weight excluding hydrogens is 416 g/mol. The van der Waals surface area contributed by atoms with Crippen molar-refractivity contribution in [3.63, 3.8) is 0 Å². The number of ether oxygens (including phenoxy) is 1. The van der Waals surface area contributed by atoms with E-state index in [-0.39, 0.29) is 24.6 Å². The Balaban J connectivity index is 1.71. The molecule has 0 amide bonds. The normalized spacial score (nSPS) is 22.1. The maximum Gasteiger partial charge on any atom is 0.328 e. The number of pyridine rings is 1. The summed E-state index contributed by atoms with van der Waals surface area (Å²) in [5, 5.41) is 4.22. The number of rotatable bonds is 6. The summed E-state index contributed by atoms with van der Waals surface area (Å²) in [6.07, 6.45) is 3.71. The summed E-state index contributed by atoms with van der Waals surface area (Å²) in [7, 11) is -1.98. The number of halogens is 1. The number of anilines is 1. The third-order valence-electron chi connectivity index (χ3n) is 5.47. The maximum absolute atomic E-state index is 12.9. The summed E-state index contributed by atoms with van der Waals surface area (Å²) >= 11 is 6.03. The number of aromatic nitrogens is 3. The molecule has 1 saturated heterocycles. The summed E-state index contributed by atoms with van der Waals surface area (Å²) in [5.74, 6) is 0.631. The molecular formula is C19H23ClN4O4S. The van der Waals surface area contributed by atoms with Crippen molar-refractivity contribution < 1.29 is 17.9 Å². The molecule has 0 radical (unpaired) electrons. The van der Waals surface area contributed by atoms with Gasteiger partial charge >= 0.3 is 5.97 Å². The van der Waals surface area contributed by atoms with Crippen LogP contribution in [0.5, 0.6) is 0 Å². The Morgan fingerprint density at radius 2 is 2.10 bits per heavy atom. The van der Waals surface area contributed by atoms with Crippen molar-refractivity contribution in [1.82, 2.24) is 14.8 Å². The summed E-state index contributed by atoms with van der Waals surface area (Å²) in [4.78, 5) is 18.3. The molecule has 8 nitrogen and oxygen atoms in total. The quantitative estimate of drug-likeness (QED) is 0.503. The number of sulfone groups is 1. The largest absolute Gasteiger partial charge is 0.467 e. The fraction of sp³-hybridized carbons (Fsp3) is 0.526. The van der Waals surface area contributed by atoms with Crippen LogP contribution in [0.15, 0.2) is 24.4 Å². The van der Waals surface area contributed by atoms with E-state index in [1.807, 2.05) is 13.0 Å². The SMILES string of the molecule is COC(=O)C1C[C@@H](S(=O)(=O)CC2CC2)CN1c1cc(C)nn1-c1ccnc(Cl)c1. The van der Waals surface area contributed by atoms with Crippen molar-refractivity contribution in [2.75, 3.05) is 24.3 Å². The van der Waals surface area contributed by atoms with Gasteiger partial charge in [-0.05, 0) is 38.2 Å². The third kappa shape index (κ3) is 4.11. The average Bonchev–Trinajstić information content (AvgIpc) is 3.21. The first kappa shape index (κ1) is 20.2. The van der Waals surface area contributed by atoms with Crippen LogP contribution in [-0.2, 0) is 19.4 Å². The van der Waals surface area contributed by atoms with Gasteiger partial charge in [0.15, 0.2) is 9.84 Å². The zero-order valence-electron chi connectivity index (χ0n) is 16.3. The van der Waals surface area contributed by atoms with Gasteiger partial charge in [0, 0.05) is 24.9 Å². The molecule has 3 heterocycles. The minimum absolute atomic E-state index is 0.192. The van der Waals surface area contributed by atoms with Crippen molar-refractivity contribution in [2.45, 2.75) is 37.5 Å². The van der Waals surface area contributed by atoms with E-state index in [0.29, 0.717) is 16.7 Å². The zero-order chi connectivity index (χ0) is 20.8. The van der Waals surface area contributed by atoms with E-state index >= 15 is 0 Å². The van der Waals surface area contributed by atoms with Crippen LogP contribution in [-0.4, -0.2) is 59.9 Å². The lowest BCUT2D eigenvalue weighted by Gasteiger charge is -2.25. The zero-order valence-corrected chi connectivity index (χ0v) is 17.9. The smallest absolute Gasteiger partial charge is 0.328 e. The van der Waals surface area contributed by atoms with Crippen LogP contribution < -0.4 is 4.90 Å². The molecule has 1 aliphatic heterocycles. The molecule has 156 valence electrons. The Kier molecular flexibility index (Phi) is 5.29. The van der Waals surface area contributed by atoms with Crippen LogP contribution in [0.1, 0.15) is 25.0 Å². The summed E-state index contributed by atoms with van der Waals surface area (Å²) in [5.41, 5.74) is 1.42. The Labute approximate surface area is 174 Å². The summed E-state index contributed by atoms with van der Waals surface area (Å²) in [6.45, 7) is 2.06. The molecule has 2 aromatic rings. The Bertz CT molecular complexity index is 1030. The Morgan fingerprint density at radius 1 is 1.34 bits per heavy atom. The minimum Gasteiger partial charge on any atom is -0.467 e. The molecule has 0 N–H and O–H groups in total. The van der Waals surface area contributed by atoms with E-state index in [9.17, 15) is 13.2 Å². The van der Waals surface area contributed by atoms with Gasteiger partial charge in [0.05, 0.1) is 29.5 Å². The summed E-state index contributed by atoms with van der Waals surface area (Å²) < 4.78 is 32.4. The second-order valence-electron chi connectivity index (χ2n) is 7.71. The predicted octanol–water partition coefficient (Wildman–Crippen LogP) is 2.17. The highest BCUT2D eigenvalue weighted by Gasteiger charge is 2.45. The lowest BCUT2D eigenvalue weighted by molar-refractivity contribution is -0.141. The molecule has 2 aromatic heterocycles. The molecule has 2 atom stereocenters. The van der Waals surface area contributed by atoms with Crippen molar-refractivity contribution in [1.29, 1.82) is 0 Å². The highest BCUT2D eigenvalue weighted by atomic mass is 35.5. The van der Waals surface area contributed by atoms with Crippen molar-refractivity contribution in [3.8, 4) is 5.69 Å². The van der Waals surface area contributed by atoms with Gasteiger partial charge in [-0.25, -0.2) is 22.9 Å². The third-order valence-corrected chi connectivity index (χ3v) is 7.97. The number of hydrogen-bond donors (Lipinski definition) is 0. The van der Waals surface area contributed by atoms with Crippen LogP contribution in [0.4, 0.5) is 5.82 Å². The van der Waals surface area contributed by atoms with Gasteiger partial charge in [-0.15, -0.1) is 0 Å². The number of methoxy groups -OCH3 is 1. The highest BCUT2D eigenvalue weighted by Crippen LogP contribution is 2.36. The average molecular weight is 439 g/mol. The lowest BCUT2D eigenvalue weighted by atomic mass is 10.2. The minimum atomic E-state index is -3.30. The van der Waals surface area contributed by atoms with Gasteiger partial charge in [-0.1, -0.05) is 11.6 Å². The van der Waals surface area contributed by atoms with E-state index in [0.717, 1.165) is 18.5 Å². The number of hydrogen-bond acceptors (Lipinski definition) is 7. The molecule has 1 unspecified atom stereocenters. The highest BCUT2D eigenvalue weighted by molar-refractivity contribution is 7.92. The van der Waals surface area contributed by atoms with Crippen molar-refractivity contribution in [2.24, 2.45) is 5.92 Å². The van der Waals surface area contributed by atoms with Crippen LogP contribution in [0.3, 0.4) is 0 Å². The molecule has 0 aromatic carbocycles. The van der Waals surface area contributed by atoms with Crippen LogP contribution in [0, 0.1) is 12.8 Å². The number of carbonyl (C=O) groups excluding carboxylic acids is 1. The van der Waals surface area contributed by atoms with Gasteiger partial charge in [0.25, 0.3) is 0 Å². The second kappa shape index (κ2) is 7.60. The molecule has 0 bridgehead atoms. The van der Waals surface area contributed by atoms with Crippen LogP contribution >= 0.6 is 11.6 Å². The molecule has 29 heavy (non-hydrogen) atoms. The van der Waals surface area contributed by atoms with Crippen LogP contribution in [0.25, 0.3) is 5.69 Å². The fourth-order valence-electron chi connectivity index (χ4n) is 3.82. The first-order chi connectivity index (χ1) is 13.8. The van der Waals surface area contributed by atoms with E-state index in [1.165, 1.54) is 7.11 Å². The fourth-order valence-corrected chi connectivity index (χ4v) is 6.12. The monoisotopic (exact) mass is 438 g/mol. The number of nitrogens with zero attached hydrogens (tertiary/aromatic N) is 4. The van der Waals surface area contributed by atoms with Crippen LogP contribution in [0.2, 0.25) is 5.15 Å². The first-order valence-corrected chi connectivity index (χ1v) is 11.6. The van der Waals surface area contributed by atoms with Gasteiger partial charge in [0.2, 0.25) is 0 Å². The lowest BCUT2D eigenvalue weighted by Crippen LogP contribution is -2.38. The molecule has 10 heteroatoms. The Hall–Kier alpha value is -2.13. The second-order valence-corrected chi connectivity index (χ2v) is 10.4. The van der Waals surface area contributed by atoms with Crippen molar-refractivity contribution in [3.05, 3.63) is 35.2 Å². The number of esters is 1. The molecule has 2 aliphatic rings. The molecule has 4 rings (SSSR count). The van der Waals surface area contributed by atoms with E-state index in [4.69, 9.17) is 16.3 Å². The number of carbonyl (C=O) groups is 1. The number of aryl methyl sites for hydroxylation is 1. The van der Waals surface area contributed by atoms with Gasteiger partial charge in [0.1, 0.15) is 17.0 Å². The van der Waals surface area contributed by atoms with Gasteiger partial charge in [-0.3, -0.25) is 0 Å².